The highest BCUT2D eigenvalue weighted by Gasteiger charge is 2.61. The monoisotopic (exact) mass is 292 g/mol. The van der Waals surface area contributed by atoms with E-state index < -0.39 is 22.8 Å². The summed E-state index contributed by atoms with van der Waals surface area (Å²) >= 11 is 0. The molecule has 0 unspecified atom stereocenters. The van der Waals surface area contributed by atoms with Crippen molar-refractivity contribution in [2.24, 2.45) is 5.41 Å². The van der Waals surface area contributed by atoms with Crippen LogP contribution in [0.5, 0.6) is 0 Å². The second-order valence-electron chi connectivity index (χ2n) is 5.89. The van der Waals surface area contributed by atoms with Gasteiger partial charge in [0.1, 0.15) is 5.60 Å². The number of carbonyl (C=O) groups excluding carboxylic acids is 2. The molecule has 0 bridgehead atoms. The predicted octanol–water partition coefficient (Wildman–Crippen LogP) is 0.815. The second-order valence-corrected chi connectivity index (χ2v) is 5.89. The molecule has 2 amide bonds. The van der Waals surface area contributed by atoms with Crippen LogP contribution in [0.25, 0.3) is 0 Å². The lowest BCUT2D eigenvalue weighted by molar-refractivity contribution is -0.216. The maximum atomic E-state index is 13.8. The van der Waals surface area contributed by atoms with Gasteiger partial charge in [0, 0.05) is 13.1 Å². The fourth-order valence-corrected chi connectivity index (χ4v) is 1.93. The van der Waals surface area contributed by atoms with E-state index in [0.29, 0.717) is 13.0 Å². The zero-order valence-corrected chi connectivity index (χ0v) is 12.1. The number of rotatable bonds is 6. The summed E-state index contributed by atoms with van der Waals surface area (Å²) in [5.74, 6) is -5.69. The van der Waals surface area contributed by atoms with E-state index in [-0.39, 0.29) is 25.3 Å². The van der Waals surface area contributed by atoms with Crippen LogP contribution in [-0.4, -0.2) is 41.5 Å². The van der Waals surface area contributed by atoms with Crippen molar-refractivity contribution in [2.75, 3.05) is 13.1 Å². The fourth-order valence-electron chi connectivity index (χ4n) is 1.93. The molecule has 0 atom stereocenters. The molecule has 7 heteroatoms. The molecular formula is C13H22F2N2O3. The van der Waals surface area contributed by atoms with Crippen LogP contribution in [0.1, 0.15) is 40.0 Å². The van der Waals surface area contributed by atoms with Crippen LogP contribution in [0.2, 0.25) is 0 Å². The maximum absolute atomic E-state index is 13.8. The van der Waals surface area contributed by atoms with E-state index in [2.05, 4.69) is 10.6 Å². The number of alkyl halides is 2. The molecule has 1 aliphatic carbocycles. The van der Waals surface area contributed by atoms with Gasteiger partial charge in [-0.15, -0.1) is 0 Å². The van der Waals surface area contributed by atoms with Crippen LogP contribution in [0, 0.1) is 5.41 Å². The normalized spacial score (nSPS) is 18.1. The minimum absolute atomic E-state index is 0.0901. The lowest BCUT2D eigenvalue weighted by atomic mass is 9.75. The molecule has 0 spiro atoms. The fraction of sp³-hybridized carbons (Fsp3) is 0.846. The number of amides is 2. The van der Waals surface area contributed by atoms with Gasteiger partial charge in [0.25, 0.3) is 5.91 Å². The van der Waals surface area contributed by atoms with Crippen molar-refractivity contribution in [3.8, 4) is 0 Å². The van der Waals surface area contributed by atoms with E-state index in [1.54, 1.807) is 20.8 Å². The van der Waals surface area contributed by atoms with Crippen molar-refractivity contribution in [1.82, 2.24) is 10.6 Å². The maximum Gasteiger partial charge on any atom is 0.352 e. The molecule has 1 fully saturated rings. The SMILES string of the molecule is CCNC(=O)C(C)(C)CNC(=O)C(F)(F)C1(O)CCC1. The van der Waals surface area contributed by atoms with E-state index in [1.165, 1.54) is 0 Å². The number of aliphatic hydroxyl groups is 1. The molecule has 0 saturated heterocycles. The van der Waals surface area contributed by atoms with Gasteiger partial charge in [-0.25, -0.2) is 0 Å². The van der Waals surface area contributed by atoms with Crippen molar-refractivity contribution in [1.29, 1.82) is 0 Å². The Balaban J connectivity index is 2.61. The zero-order valence-electron chi connectivity index (χ0n) is 12.1. The molecule has 1 rings (SSSR count). The van der Waals surface area contributed by atoms with Crippen LogP contribution in [0.15, 0.2) is 0 Å². The summed E-state index contributed by atoms with van der Waals surface area (Å²) in [5.41, 5.74) is -3.24. The van der Waals surface area contributed by atoms with Crippen LogP contribution in [-0.2, 0) is 9.59 Å². The van der Waals surface area contributed by atoms with Crippen LogP contribution >= 0.6 is 0 Å². The van der Waals surface area contributed by atoms with E-state index in [0.717, 1.165) is 0 Å². The van der Waals surface area contributed by atoms with Crippen molar-refractivity contribution < 1.29 is 23.5 Å². The molecule has 5 nitrogen and oxygen atoms in total. The average molecular weight is 292 g/mol. The summed E-state index contributed by atoms with van der Waals surface area (Å²) < 4.78 is 27.6. The molecule has 3 N–H and O–H groups in total. The molecule has 20 heavy (non-hydrogen) atoms. The Morgan fingerprint density at radius 2 is 1.75 bits per heavy atom. The molecule has 0 aliphatic heterocycles. The quantitative estimate of drug-likeness (QED) is 0.678. The molecule has 1 aliphatic rings. The van der Waals surface area contributed by atoms with E-state index in [1.807, 2.05) is 0 Å². The topological polar surface area (TPSA) is 78.4 Å². The zero-order chi connectivity index (χ0) is 15.6. The smallest absolute Gasteiger partial charge is 0.352 e. The summed E-state index contributed by atoms with van der Waals surface area (Å²) in [7, 11) is 0. The molecule has 116 valence electrons. The van der Waals surface area contributed by atoms with E-state index in [9.17, 15) is 23.5 Å². The first-order valence-corrected chi connectivity index (χ1v) is 6.73. The Labute approximate surface area is 117 Å². The number of hydrogen-bond acceptors (Lipinski definition) is 3. The number of halogens is 2. The summed E-state index contributed by atoms with van der Waals surface area (Å²) in [5, 5.41) is 14.3. The van der Waals surface area contributed by atoms with Gasteiger partial charge in [-0.3, -0.25) is 9.59 Å². The third-order valence-electron chi connectivity index (χ3n) is 3.69. The molecule has 0 heterocycles. The Hall–Kier alpha value is -1.24. The summed E-state index contributed by atoms with van der Waals surface area (Å²) in [4.78, 5) is 23.3. The molecule has 0 aromatic carbocycles. The van der Waals surface area contributed by atoms with Gasteiger partial charge in [-0.2, -0.15) is 8.78 Å². The minimum Gasteiger partial charge on any atom is -0.383 e. The molecule has 1 saturated carbocycles. The second kappa shape index (κ2) is 5.63. The van der Waals surface area contributed by atoms with E-state index >= 15 is 0 Å². The third-order valence-corrected chi connectivity index (χ3v) is 3.69. The third kappa shape index (κ3) is 3.08. The Morgan fingerprint density at radius 1 is 1.20 bits per heavy atom. The highest BCUT2D eigenvalue weighted by atomic mass is 19.3. The molecule has 0 aromatic heterocycles. The Kier molecular flexibility index (Phi) is 4.74. The summed E-state index contributed by atoms with van der Waals surface area (Å²) in [6.45, 7) is 5.05. The van der Waals surface area contributed by atoms with Gasteiger partial charge in [0.05, 0.1) is 5.41 Å². The number of hydrogen-bond donors (Lipinski definition) is 3. The van der Waals surface area contributed by atoms with Gasteiger partial charge in [0.15, 0.2) is 0 Å². The van der Waals surface area contributed by atoms with Crippen molar-refractivity contribution in [2.45, 2.75) is 51.6 Å². The first-order chi connectivity index (χ1) is 9.07. The lowest BCUT2D eigenvalue weighted by Gasteiger charge is -2.41. The van der Waals surface area contributed by atoms with Crippen LogP contribution < -0.4 is 10.6 Å². The van der Waals surface area contributed by atoms with Crippen molar-refractivity contribution in [3.05, 3.63) is 0 Å². The van der Waals surface area contributed by atoms with Gasteiger partial charge in [-0.1, -0.05) is 0 Å². The highest BCUT2D eigenvalue weighted by molar-refractivity contribution is 5.87. The number of carbonyl (C=O) groups is 2. The minimum atomic E-state index is -3.83. The van der Waals surface area contributed by atoms with Crippen molar-refractivity contribution >= 4 is 11.8 Å². The van der Waals surface area contributed by atoms with E-state index in [4.69, 9.17) is 0 Å². The Bertz CT molecular complexity index is 393. The number of nitrogens with one attached hydrogen (secondary N) is 2. The summed E-state index contributed by atoms with van der Waals surface area (Å²) in [6, 6.07) is 0. The first-order valence-electron chi connectivity index (χ1n) is 6.73. The van der Waals surface area contributed by atoms with Gasteiger partial charge in [-0.05, 0) is 40.0 Å². The standard InChI is InChI=1S/C13H22F2N2O3/c1-4-16-9(18)11(2,3)8-17-10(19)13(14,15)12(20)6-5-7-12/h20H,4-8H2,1-3H3,(H,16,18)(H,17,19). The lowest BCUT2D eigenvalue weighted by Crippen LogP contribution is -2.61. The molecule has 0 radical (unpaired) electrons. The predicted molar refractivity (Wildman–Crippen MR) is 69.2 cm³/mol. The molecule has 0 aromatic rings. The first kappa shape index (κ1) is 16.8. The van der Waals surface area contributed by atoms with Crippen LogP contribution in [0.3, 0.4) is 0 Å². The van der Waals surface area contributed by atoms with Crippen LogP contribution in [0.4, 0.5) is 8.78 Å². The molecular weight excluding hydrogens is 270 g/mol. The largest absolute Gasteiger partial charge is 0.383 e. The van der Waals surface area contributed by atoms with Gasteiger partial charge >= 0.3 is 5.92 Å². The van der Waals surface area contributed by atoms with Gasteiger partial charge < -0.3 is 15.7 Å². The van der Waals surface area contributed by atoms with Crippen molar-refractivity contribution in [3.63, 3.8) is 0 Å². The van der Waals surface area contributed by atoms with Gasteiger partial charge in [0.2, 0.25) is 5.91 Å². The summed E-state index contributed by atoms with van der Waals surface area (Å²) in [6.07, 6.45) is 0.296. The average Bonchev–Trinajstić information content (AvgIpc) is 2.33. The Morgan fingerprint density at radius 3 is 2.15 bits per heavy atom. The highest BCUT2D eigenvalue weighted by Crippen LogP contribution is 2.44.